The number of carbonyl (C=O) groups is 1. The van der Waals surface area contributed by atoms with Gasteiger partial charge in [0.25, 0.3) is 10.0 Å². The van der Waals surface area contributed by atoms with Gasteiger partial charge in [-0.15, -0.1) is 11.3 Å². The van der Waals surface area contributed by atoms with Gasteiger partial charge in [0.15, 0.2) is 9.90 Å². The van der Waals surface area contributed by atoms with Crippen molar-refractivity contribution in [3.8, 4) is 0 Å². The lowest BCUT2D eigenvalue weighted by atomic mass is 10.2. The molecule has 0 unspecified atom stereocenters. The van der Waals surface area contributed by atoms with Crippen LogP contribution in [-0.2, 0) is 10.0 Å². The summed E-state index contributed by atoms with van der Waals surface area (Å²) in [6.07, 6.45) is 0. The van der Waals surface area contributed by atoms with E-state index >= 15 is 0 Å². The third-order valence-corrected chi connectivity index (χ3v) is 5.74. The minimum Gasteiger partial charge on any atom is -0.476 e. The maximum Gasteiger partial charge on any atom is 0.356 e. The summed E-state index contributed by atoms with van der Waals surface area (Å²) in [5.41, 5.74) is 2.00. The molecule has 1 aromatic heterocycles. The maximum absolute atomic E-state index is 12.2. The molecule has 0 bridgehead atoms. The van der Waals surface area contributed by atoms with Crippen LogP contribution in [0.5, 0.6) is 0 Å². The lowest BCUT2D eigenvalue weighted by molar-refractivity contribution is 0.0687. The quantitative estimate of drug-likeness (QED) is 0.854. The molecular formula is C11H9BrN2O4S2. The molecule has 2 rings (SSSR count). The highest BCUT2D eigenvalue weighted by atomic mass is 79.9. The Morgan fingerprint density at radius 3 is 2.75 bits per heavy atom. The molecule has 0 spiro atoms. The lowest BCUT2D eigenvalue weighted by Gasteiger charge is -2.09. The maximum atomic E-state index is 12.2. The number of hydrogen-bond donors (Lipinski definition) is 2. The molecule has 0 aliphatic rings. The normalized spacial score (nSPS) is 11.3. The van der Waals surface area contributed by atoms with Crippen LogP contribution in [0.1, 0.15) is 16.1 Å². The van der Waals surface area contributed by atoms with E-state index in [1.807, 2.05) is 6.92 Å². The summed E-state index contributed by atoms with van der Waals surface area (Å²) < 4.78 is 27.0. The Morgan fingerprint density at radius 2 is 2.15 bits per heavy atom. The van der Waals surface area contributed by atoms with Crippen molar-refractivity contribution in [1.82, 2.24) is 4.98 Å². The molecule has 0 aliphatic carbocycles. The zero-order valence-corrected chi connectivity index (χ0v) is 13.3. The van der Waals surface area contributed by atoms with Crippen LogP contribution >= 0.6 is 27.3 Å². The summed E-state index contributed by atoms with van der Waals surface area (Å²) >= 11 is 4.01. The average Bonchev–Trinajstić information content (AvgIpc) is 2.82. The molecule has 9 heteroatoms. The van der Waals surface area contributed by atoms with Gasteiger partial charge >= 0.3 is 5.97 Å². The summed E-state index contributed by atoms with van der Waals surface area (Å²) in [4.78, 5) is 14.5. The molecule has 2 N–H and O–H groups in total. The van der Waals surface area contributed by atoms with Gasteiger partial charge in [-0.05, 0) is 40.5 Å². The molecule has 0 atom stereocenters. The van der Waals surface area contributed by atoms with Crippen molar-refractivity contribution in [2.24, 2.45) is 0 Å². The summed E-state index contributed by atoms with van der Waals surface area (Å²) in [7, 11) is -3.99. The first-order valence-electron chi connectivity index (χ1n) is 5.27. The number of carboxylic acid groups (broad SMARTS) is 1. The lowest BCUT2D eigenvalue weighted by Crippen LogP contribution is -2.15. The van der Waals surface area contributed by atoms with Crippen molar-refractivity contribution in [3.63, 3.8) is 0 Å². The Morgan fingerprint density at radius 1 is 1.45 bits per heavy atom. The minimum atomic E-state index is -3.99. The zero-order valence-electron chi connectivity index (χ0n) is 10.1. The zero-order chi connectivity index (χ0) is 14.9. The van der Waals surface area contributed by atoms with Gasteiger partial charge in [-0.2, -0.15) is 0 Å². The average molecular weight is 377 g/mol. The van der Waals surface area contributed by atoms with Crippen LogP contribution in [0.25, 0.3) is 0 Å². The molecule has 1 aromatic carbocycles. The van der Waals surface area contributed by atoms with Crippen molar-refractivity contribution in [3.05, 3.63) is 39.4 Å². The van der Waals surface area contributed by atoms with E-state index < -0.39 is 21.7 Å². The van der Waals surface area contributed by atoms with E-state index in [0.29, 0.717) is 10.2 Å². The number of nitrogens with one attached hydrogen (secondary N) is 1. The largest absolute Gasteiger partial charge is 0.476 e. The number of anilines is 1. The predicted octanol–water partition coefficient (Wildman–Crippen LogP) is 2.71. The highest BCUT2D eigenvalue weighted by molar-refractivity contribution is 9.10. The highest BCUT2D eigenvalue weighted by Gasteiger charge is 2.26. The van der Waals surface area contributed by atoms with E-state index in [0.717, 1.165) is 16.9 Å². The van der Waals surface area contributed by atoms with Gasteiger partial charge in [0.05, 0.1) is 11.2 Å². The third kappa shape index (κ3) is 3.00. The molecule has 20 heavy (non-hydrogen) atoms. The number of aromatic nitrogens is 1. The molecular weight excluding hydrogens is 368 g/mol. The van der Waals surface area contributed by atoms with Crippen LogP contribution in [0.3, 0.4) is 0 Å². The van der Waals surface area contributed by atoms with Crippen molar-refractivity contribution < 1.29 is 18.3 Å². The molecule has 0 fully saturated rings. The number of aryl methyl sites for hydroxylation is 1. The SMILES string of the molecule is Cc1ccc(NS(=O)(=O)c2scnc2C(=O)O)c(Br)c1. The summed E-state index contributed by atoms with van der Waals surface area (Å²) in [5.74, 6) is -1.38. The second-order valence-electron chi connectivity index (χ2n) is 3.88. The molecule has 6 nitrogen and oxygen atoms in total. The van der Waals surface area contributed by atoms with Gasteiger partial charge < -0.3 is 5.11 Å². The number of halogens is 1. The van der Waals surface area contributed by atoms with Gasteiger partial charge in [0.2, 0.25) is 0 Å². The van der Waals surface area contributed by atoms with Crippen molar-refractivity contribution in [2.75, 3.05) is 4.72 Å². The van der Waals surface area contributed by atoms with E-state index in [4.69, 9.17) is 5.11 Å². The first-order chi connectivity index (χ1) is 9.31. The summed E-state index contributed by atoms with van der Waals surface area (Å²) in [6, 6.07) is 5.09. The number of aromatic carboxylic acids is 1. The van der Waals surface area contributed by atoms with E-state index in [2.05, 4.69) is 25.6 Å². The Kier molecular flexibility index (Phi) is 4.11. The van der Waals surface area contributed by atoms with Gasteiger partial charge in [0.1, 0.15) is 0 Å². The Bertz CT molecular complexity index is 770. The predicted molar refractivity (Wildman–Crippen MR) is 78.8 cm³/mol. The number of rotatable bonds is 4. The van der Waals surface area contributed by atoms with Gasteiger partial charge in [0, 0.05) is 4.47 Å². The summed E-state index contributed by atoms with van der Waals surface area (Å²) in [5, 5.41) is 8.92. The monoisotopic (exact) mass is 376 g/mol. The number of benzene rings is 1. The fraction of sp³-hybridized carbons (Fsp3) is 0.0909. The Balaban J connectivity index is 2.41. The van der Waals surface area contributed by atoms with E-state index in [9.17, 15) is 13.2 Å². The van der Waals surface area contributed by atoms with Crippen molar-refractivity contribution in [2.45, 2.75) is 11.1 Å². The molecule has 0 saturated heterocycles. The number of nitrogens with zero attached hydrogens (tertiary/aromatic N) is 1. The fourth-order valence-electron chi connectivity index (χ4n) is 1.46. The van der Waals surface area contributed by atoms with Crippen LogP contribution in [0, 0.1) is 6.92 Å². The van der Waals surface area contributed by atoms with Gasteiger partial charge in [-0.3, -0.25) is 4.72 Å². The number of sulfonamides is 1. The first-order valence-corrected chi connectivity index (χ1v) is 8.42. The van der Waals surface area contributed by atoms with Crippen LogP contribution in [0.15, 0.2) is 32.4 Å². The number of carboxylic acids is 1. The van der Waals surface area contributed by atoms with E-state index in [-0.39, 0.29) is 4.21 Å². The van der Waals surface area contributed by atoms with Crippen LogP contribution in [-0.4, -0.2) is 24.5 Å². The number of hydrogen-bond acceptors (Lipinski definition) is 5. The van der Waals surface area contributed by atoms with Crippen LogP contribution in [0.4, 0.5) is 5.69 Å². The van der Waals surface area contributed by atoms with E-state index in [1.54, 1.807) is 18.2 Å². The van der Waals surface area contributed by atoms with Gasteiger partial charge in [-0.1, -0.05) is 6.07 Å². The topological polar surface area (TPSA) is 96.4 Å². The highest BCUT2D eigenvalue weighted by Crippen LogP contribution is 2.28. The molecule has 0 amide bonds. The smallest absolute Gasteiger partial charge is 0.356 e. The standard InChI is InChI=1S/C11H9BrN2O4S2/c1-6-2-3-8(7(12)4-6)14-20(17,18)11-9(10(15)16)13-5-19-11/h2-5,14H,1H3,(H,15,16). The van der Waals surface area contributed by atoms with Crippen LogP contribution in [0.2, 0.25) is 0 Å². The molecule has 0 saturated carbocycles. The minimum absolute atomic E-state index is 0.322. The van der Waals surface area contributed by atoms with E-state index in [1.165, 1.54) is 5.51 Å². The van der Waals surface area contributed by atoms with Crippen molar-refractivity contribution in [1.29, 1.82) is 0 Å². The Hall–Kier alpha value is -1.45. The second-order valence-corrected chi connectivity index (χ2v) is 7.47. The van der Waals surface area contributed by atoms with Crippen LogP contribution < -0.4 is 4.72 Å². The third-order valence-electron chi connectivity index (χ3n) is 2.35. The molecule has 0 aliphatic heterocycles. The molecule has 2 aromatic rings. The second kappa shape index (κ2) is 5.51. The number of thiazole rings is 1. The molecule has 0 radical (unpaired) electrons. The van der Waals surface area contributed by atoms with Gasteiger partial charge in [-0.25, -0.2) is 18.2 Å². The summed E-state index contributed by atoms with van der Waals surface area (Å²) in [6.45, 7) is 1.87. The van der Waals surface area contributed by atoms with Crippen molar-refractivity contribution >= 4 is 48.9 Å². The Labute approximate surface area is 127 Å². The first kappa shape index (κ1) is 14.9. The fourth-order valence-corrected chi connectivity index (χ4v) is 4.41. The molecule has 106 valence electrons. The molecule has 1 heterocycles.